The van der Waals surface area contributed by atoms with Crippen LogP contribution in [0.2, 0.25) is 0 Å². The van der Waals surface area contributed by atoms with E-state index in [4.69, 9.17) is 5.73 Å². The van der Waals surface area contributed by atoms with Crippen LogP contribution < -0.4 is 11.4 Å². The predicted molar refractivity (Wildman–Crippen MR) is 48.5 cm³/mol. The van der Waals surface area contributed by atoms with Crippen molar-refractivity contribution in [3.63, 3.8) is 0 Å². The summed E-state index contributed by atoms with van der Waals surface area (Å²) in [4.78, 5) is 11.1. The van der Waals surface area contributed by atoms with Gasteiger partial charge in [-0.1, -0.05) is 0 Å². The Hall–Kier alpha value is -2.18. The lowest BCUT2D eigenvalue weighted by molar-refractivity contribution is 0.579. The Labute approximate surface area is 82.1 Å². The smallest absolute Gasteiger partial charge is 0.347 e. The summed E-state index contributed by atoms with van der Waals surface area (Å²) < 4.78 is 27.0. The fourth-order valence-electron chi connectivity index (χ4n) is 1.16. The van der Waals surface area contributed by atoms with Crippen LogP contribution in [0.25, 0.3) is 5.69 Å². The Kier molecular flexibility index (Phi) is 2.00. The molecule has 3 N–H and O–H groups in total. The topological polar surface area (TPSA) is 76.7 Å². The minimum Gasteiger partial charge on any atom is -0.396 e. The van der Waals surface area contributed by atoms with Gasteiger partial charge in [-0.3, -0.25) is 0 Å². The van der Waals surface area contributed by atoms with Gasteiger partial charge in [0.05, 0.1) is 11.4 Å². The van der Waals surface area contributed by atoms with Crippen LogP contribution in [0.15, 0.2) is 23.3 Å². The summed E-state index contributed by atoms with van der Waals surface area (Å²) >= 11 is 0. The summed E-state index contributed by atoms with van der Waals surface area (Å²) in [6.45, 7) is 0. The molecule has 7 heteroatoms. The van der Waals surface area contributed by atoms with E-state index in [1.807, 2.05) is 0 Å². The van der Waals surface area contributed by atoms with Crippen molar-refractivity contribution >= 4 is 5.69 Å². The van der Waals surface area contributed by atoms with Crippen molar-refractivity contribution in [3.8, 4) is 5.69 Å². The number of nitrogen functional groups attached to an aromatic ring is 1. The molecular formula is C8H6F2N4O. The molecule has 78 valence electrons. The van der Waals surface area contributed by atoms with Crippen LogP contribution >= 0.6 is 0 Å². The SMILES string of the molecule is Nc1cc(-n2cn[nH]c2=O)c(F)cc1F. The van der Waals surface area contributed by atoms with Crippen molar-refractivity contribution in [1.29, 1.82) is 0 Å². The van der Waals surface area contributed by atoms with Crippen LogP contribution in [0.5, 0.6) is 0 Å². The maximum absolute atomic E-state index is 13.3. The molecule has 2 aromatic rings. The summed E-state index contributed by atoms with van der Waals surface area (Å²) in [5, 5.41) is 5.50. The molecule has 0 saturated heterocycles. The normalized spacial score (nSPS) is 10.5. The Morgan fingerprint density at radius 2 is 2.07 bits per heavy atom. The number of aromatic nitrogens is 3. The van der Waals surface area contributed by atoms with Gasteiger partial charge in [0.15, 0.2) is 0 Å². The summed E-state index contributed by atoms with van der Waals surface area (Å²) in [5.41, 5.74) is 4.25. The molecule has 1 aromatic carbocycles. The lowest BCUT2D eigenvalue weighted by Crippen LogP contribution is -2.16. The second-order valence-corrected chi connectivity index (χ2v) is 2.86. The number of benzene rings is 1. The molecule has 0 aliphatic rings. The van der Waals surface area contributed by atoms with Crippen molar-refractivity contribution in [3.05, 3.63) is 40.6 Å². The highest BCUT2D eigenvalue weighted by Crippen LogP contribution is 2.18. The number of rotatable bonds is 1. The van der Waals surface area contributed by atoms with E-state index in [1.54, 1.807) is 0 Å². The molecule has 0 atom stereocenters. The van der Waals surface area contributed by atoms with Gasteiger partial charge < -0.3 is 5.73 Å². The van der Waals surface area contributed by atoms with Crippen LogP contribution in [0, 0.1) is 11.6 Å². The van der Waals surface area contributed by atoms with Gasteiger partial charge in [0.2, 0.25) is 0 Å². The summed E-state index contributed by atoms with van der Waals surface area (Å²) in [7, 11) is 0. The molecule has 0 saturated carbocycles. The predicted octanol–water partition coefficient (Wildman–Crippen LogP) is 0.421. The summed E-state index contributed by atoms with van der Waals surface area (Å²) in [6.07, 6.45) is 1.08. The van der Waals surface area contributed by atoms with Crippen molar-refractivity contribution in [1.82, 2.24) is 14.8 Å². The number of anilines is 1. The third-order valence-corrected chi connectivity index (χ3v) is 1.88. The molecule has 0 bridgehead atoms. The van der Waals surface area contributed by atoms with Crippen molar-refractivity contribution in [2.24, 2.45) is 0 Å². The quantitative estimate of drug-likeness (QED) is 0.672. The summed E-state index contributed by atoms with van der Waals surface area (Å²) in [5.74, 6) is -1.75. The minimum atomic E-state index is -0.884. The molecule has 0 spiro atoms. The highest BCUT2D eigenvalue weighted by atomic mass is 19.1. The van der Waals surface area contributed by atoms with Crippen LogP contribution in [-0.2, 0) is 0 Å². The average molecular weight is 212 g/mol. The number of hydrogen-bond acceptors (Lipinski definition) is 3. The number of nitrogens with two attached hydrogens (primary N) is 1. The first-order valence-corrected chi connectivity index (χ1v) is 3.96. The maximum Gasteiger partial charge on any atom is 0.347 e. The second-order valence-electron chi connectivity index (χ2n) is 2.86. The third kappa shape index (κ3) is 1.47. The van der Waals surface area contributed by atoms with Crippen molar-refractivity contribution < 1.29 is 8.78 Å². The minimum absolute atomic E-state index is 0.146. The highest BCUT2D eigenvalue weighted by molar-refractivity contribution is 5.49. The maximum atomic E-state index is 13.3. The Morgan fingerprint density at radius 1 is 1.33 bits per heavy atom. The van der Waals surface area contributed by atoms with E-state index in [2.05, 4.69) is 10.2 Å². The van der Waals surface area contributed by atoms with Gasteiger partial charge in [0.25, 0.3) is 0 Å². The lowest BCUT2D eigenvalue weighted by Gasteiger charge is -2.04. The number of halogens is 2. The van der Waals surface area contributed by atoms with E-state index < -0.39 is 17.3 Å². The number of nitrogens with zero attached hydrogens (tertiary/aromatic N) is 2. The number of H-pyrrole nitrogens is 1. The van der Waals surface area contributed by atoms with E-state index in [0.29, 0.717) is 6.07 Å². The Balaban J connectivity index is 2.69. The largest absolute Gasteiger partial charge is 0.396 e. The Morgan fingerprint density at radius 3 is 2.67 bits per heavy atom. The van der Waals surface area contributed by atoms with Crippen LogP contribution in [0.1, 0.15) is 0 Å². The zero-order valence-electron chi connectivity index (χ0n) is 7.37. The second kappa shape index (κ2) is 3.19. The van der Waals surface area contributed by atoms with E-state index >= 15 is 0 Å². The lowest BCUT2D eigenvalue weighted by atomic mass is 10.2. The molecule has 0 amide bonds. The zero-order chi connectivity index (χ0) is 11.0. The summed E-state index contributed by atoms with van der Waals surface area (Å²) in [6, 6.07) is 1.64. The van der Waals surface area contributed by atoms with Gasteiger partial charge in [-0.2, -0.15) is 5.10 Å². The van der Waals surface area contributed by atoms with Crippen LogP contribution in [0.4, 0.5) is 14.5 Å². The number of aromatic amines is 1. The van der Waals surface area contributed by atoms with Gasteiger partial charge in [0.1, 0.15) is 18.0 Å². The third-order valence-electron chi connectivity index (χ3n) is 1.88. The van der Waals surface area contributed by atoms with Gasteiger partial charge >= 0.3 is 5.69 Å². The van der Waals surface area contributed by atoms with Gasteiger partial charge in [-0.25, -0.2) is 23.2 Å². The highest BCUT2D eigenvalue weighted by Gasteiger charge is 2.11. The van der Waals surface area contributed by atoms with E-state index in [1.165, 1.54) is 0 Å². The molecule has 0 aliphatic carbocycles. The zero-order valence-corrected chi connectivity index (χ0v) is 7.37. The number of hydrogen-bond donors (Lipinski definition) is 2. The molecule has 5 nitrogen and oxygen atoms in total. The van der Waals surface area contributed by atoms with Gasteiger partial charge in [-0.15, -0.1) is 0 Å². The standard InChI is InChI=1S/C8H6F2N4O/c9-4-1-5(10)7(2-6(4)11)14-3-12-13-8(14)15/h1-3H,11H2,(H,13,15). The van der Waals surface area contributed by atoms with E-state index in [9.17, 15) is 13.6 Å². The van der Waals surface area contributed by atoms with E-state index in [0.717, 1.165) is 17.0 Å². The van der Waals surface area contributed by atoms with Crippen molar-refractivity contribution in [2.45, 2.75) is 0 Å². The van der Waals surface area contributed by atoms with Crippen molar-refractivity contribution in [2.75, 3.05) is 5.73 Å². The molecule has 1 aromatic heterocycles. The van der Waals surface area contributed by atoms with Gasteiger partial charge in [-0.05, 0) is 6.07 Å². The Bertz CT molecular complexity index is 560. The first-order chi connectivity index (χ1) is 7.09. The van der Waals surface area contributed by atoms with Crippen LogP contribution in [0.3, 0.4) is 0 Å². The molecule has 0 radical (unpaired) electrons. The molecular weight excluding hydrogens is 206 g/mol. The fourth-order valence-corrected chi connectivity index (χ4v) is 1.16. The molecule has 15 heavy (non-hydrogen) atoms. The van der Waals surface area contributed by atoms with E-state index in [-0.39, 0.29) is 11.4 Å². The molecule has 2 rings (SSSR count). The fraction of sp³-hybridized carbons (Fsp3) is 0. The first-order valence-electron chi connectivity index (χ1n) is 3.96. The van der Waals surface area contributed by atoms with Gasteiger partial charge in [0, 0.05) is 6.07 Å². The number of nitrogens with one attached hydrogen (secondary N) is 1. The first kappa shape index (κ1) is 9.38. The molecule has 0 aliphatic heterocycles. The molecule has 1 heterocycles. The van der Waals surface area contributed by atoms with Crippen LogP contribution in [-0.4, -0.2) is 14.8 Å². The molecule has 0 fully saturated rings. The monoisotopic (exact) mass is 212 g/mol. The average Bonchev–Trinajstić information content (AvgIpc) is 2.58. The molecule has 0 unspecified atom stereocenters.